The molecule has 0 spiro atoms. The van der Waals surface area contributed by atoms with Crippen LogP contribution in [0.1, 0.15) is 27.7 Å². The first-order valence-electron chi connectivity index (χ1n) is 11.3. The highest BCUT2D eigenvalue weighted by Crippen LogP contribution is 2.49. The van der Waals surface area contributed by atoms with Gasteiger partial charge in [-0.1, -0.05) is 36.4 Å². The van der Waals surface area contributed by atoms with Crippen LogP contribution in [0, 0.1) is 17.3 Å². The number of hydrazone groups is 2. The zero-order valence-corrected chi connectivity index (χ0v) is 20.0. The third kappa shape index (κ3) is 3.73. The first-order valence-corrected chi connectivity index (χ1v) is 11.3. The molecule has 9 nitrogen and oxygen atoms in total. The standard InChI is InChI=1S/C26H26N4O5/c1-5-35-24(33)22(17(3)31)26(18(4)28-30(25(26)34)20-14-10-7-11-15-20)21-16(2)27-29(23(21)32)19-12-8-6-9-13-19/h6-15,21-22H,5H2,1-4H3. The fourth-order valence-corrected chi connectivity index (χ4v) is 4.93. The van der Waals surface area contributed by atoms with Crippen LogP contribution in [0.5, 0.6) is 0 Å². The van der Waals surface area contributed by atoms with Gasteiger partial charge < -0.3 is 4.74 Å². The lowest BCUT2D eigenvalue weighted by Crippen LogP contribution is -2.59. The molecule has 2 aliphatic rings. The van der Waals surface area contributed by atoms with Crippen molar-refractivity contribution in [2.75, 3.05) is 16.6 Å². The number of Topliss-reactive ketones (excluding diaryl/α,β-unsaturated/α-hetero) is 1. The molecule has 0 aliphatic carbocycles. The summed E-state index contributed by atoms with van der Waals surface area (Å²) in [7, 11) is 0. The minimum atomic E-state index is -1.93. The number of para-hydroxylation sites is 2. The first kappa shape index (κ1) is 24.0. The molecular formula is C26H26N4O5. The van der Waals surface area contributed by atoms with E-state index in [1.165, 1.54) is 11.9 Å². The van der Waals surface area contributed by atoms with Crippen LogP contribution in [0.25, 0.3) is 0 Å². The van der Waals surface area contributed by atoms with Crippen LogP contribution in [0.15, 0.2) is 70.9 Å². The molecule has 2 amide bonds. The van der Waals surface area contributed by atoms with Crippen molar-refractivity contribution in [1.29, 1.82) is 0 Å². The van der Waals surface area contributed by atoms with Crippen molar-refractivity contribution in [1.82, 2.24) is 0 Å². The fraction of sp³-hybridized carbons (Fsp3) is 0.308. The number of hydrogen-bond acceptors (Lipinski definition) is 7. The van der Waals surface area contributed by atoms with Gasteiger partial charge in [-0.25, -0.2) is 5.01 Å². The van der Waals surface area contributed by atoms with E-state index in [0.29, 0.717) is 17.1 Å². The number of carbonyl (C=O) groups is 4. The molecule has 35 heavy (non-hydrogen) atoms. The van der Waals surface area contributed by atoms with Crippen molar-refractivity contribution in [3.05, 3.63) is 60.7 Å². The molecule has 0 N–H and O–H groups in total. The smallest absolute Gasteiger partial charge is 0.318 e. The van der Waals surface area contributed by atoms with Gasteiger partial charge in [0.15, 0.2) is 0 Å². The SMILES string of the molecule is CCOC(=O)C(C(C)=O)C1(C2C(=O)N(c3ccccc3)N=C2C)C(=O)N(c2ccccc2)N=C1C. The van der Waals surface area contributed by atoms with Gasteiger partial charge >= 0.3 is 5.97 Å². The predicted molar refractivity (Wildman–Crippen MR) is 131 cm³/mol. The average Bonchev–Trinajstić information content (AvgIpc) is 3.28. The zero-order valence-electron chi connectivity index (χ0n) is 20.0. The Hall–Kier alpha value is -4.14. The molecule has 0 radical (unpaired) electrons. The second kappa shape index (κ2) is 9.25. The molecule has 2 heterocycles. The van der Waals surface area contributed by atoms with Crippen molar-refractivity contribution in [3.8, 4) is 0 Å². The van der Waals surface area contributed by atoms with Crippen LogP contribution in [0.3, 0.4) is 0 Å². The summed E-state index contributed by atoms with van der Waals surface area (Å²) < 4.78 is 5.23. The Morgan fingerprint density at radius 3 is 2.00 bits per heavy atom. The Morgan fingerprint density at radius 1 is 0.943 bits per heavy atom. The maximum Gasteiger partial charge on any atom is 0.318 e. The van der Waals surface area contributed by atoms with Gasteiger partial charge in [0.05, 0.1) is 23.7 Å². The largest absolute Gasteiger partial charge is 0.465 e. The summed E-state index contributed by atoms with van der Waals surface area (Å²) in [5, 5.41) is 11.3. The number of hydrogen-bond donors (Lipinski definition) is 0. The molecular weight excluding hydrogens is 448 g/mol. The van der Waals surface area contributed by atoms with Crippen LogP contribution in [0.4, 0.5) is 11.4 Å². The van der Waals surface area contributed by atoms with E-state index in [4.69, 9.17) is 4.74 Å². The van der Waals surface area contributed by atoms with Gasteiger partial charge in [-0.05, 0) is 52.0 Å². The minimum absolute atomic E-state index is 0.00724. The van der Waals surface area contributed by atoms with E-state index in [1.54, 1.807) is 81.4 Å². The predicted octanol–water partition coefficient (Wildman–Crippen LogP) is 3.20. The summed E-state index contributed by atoms with van der Waals surface area (Å²) >= 11 is 0. The summed E-state index contributed by atoms with van der Waals surface area (Å²) in [5.41, 5.74) is -0.508. The number of benzene rings is 2. The Morgan fingerprint density at radius 2 is 1.49 bits per heavy atom. The molecule has 4 rings (SSSR count). The molecule has 0 saturated heterocycles. The topological polar surface area (TPSA) is 109 Å². The van der Waals surface area contributed by atoms with Gasteiger partial charge in [0.25, 0.3) is 11.8 Å². The summed E-state index contributed by atoms with van der Waals surface area (Å²) in [6.45, 7) is 6.01. The number of nitrogens with zero attached hydrogens (tertiary/aromatic N) is 4. The normalized spacial score (nSPS) is 22.7. The lowest BCUT2D eigenvalue weighted by atomic mass is 9.60. The Kier molecular flexibility index (Phi) is 6.34. The Balaban J connectivity index is 1.92. The molecule has 3 unspecified atom stereocenters. The number of rotatable bonds is 7. The Bertz CT molecular complexity index is 1240. The highest BCUT2D eigenvalue weighted by Gasteiger charge is 2.68. The van der Waals surface area contributed by atoms with E-state index in [2.05, 4.69) is 10.2 Å². The molecule has 2 aromatic carbocycles. The number of ketones is 1. The number of anilines is 2. The summed E-state index contributed by atoms with van der Waals surface area (Å²) in [6, 6.07) is 17.4. The average molecular weight is 475 g/mol. The van der Waals surface area contributed by atoms with Crippen LogP contribution >= 0.6 is 0 Å². The summed E-state index contributed by atoms with van der Waals surface area (Å²) in [5.74, 6) is -5.47. The maximum absolute atomic E-state index is 14.2. The molecule has 2 aromatic rings. The molecule has 3 atom stereocenters. The van der Waals surface area contributed by atoms with Crippen molar-refractivity contribution >= 4 is 46.4 Å². The highest BCUT2D eigenvalue weighted by atomic mass is 16.5. The van der Waals surface area contributed by atoms with Crippen LogP contribution in [-0.2, 0) is 23.9 Å². The Labute approximate surface area is 203 Å². The summed E-state index contributed by atoms with van der Waals surface area (Å²) in [6.07, 6.45) is 0. The second-order valence-electron chi connectivity index (χ2n) is 8.46. The van der Waals surface area contributed by atoms with E-state index < -0.39 is 40.8 Å². The lowest BCUT2D eigenvalue weighted by Gasteiger charge is -2.37. The molecule has 0 fully saturated rings. The van der Waals surface area contributed by atoms with Gasteiger partial charge in [-0.2, -0.15) is 15.2 Å². The highest BCUT2D eigenvalue weighted by molar-refractivity contribution is 6.31. The fourth-order valence-electron chi connectivity index (χ4n) is 4.93. The van der Waals surface area contributed by atoms with E-state index in [0.717, 1.165) is 5.01 Å². The zero-order chi connectivity index (χ0) is 25.3. The molecule has 0 aromatic heterocycles. The van der Waals surface area contributed by atoms with Crippen molar-refractivity contribution in [2.45, 2.75) is 27.7 Å². The van der Waals surface area contributed by atoms with Crippen LogP contribution in [0.2, 0.25) is 0 Å². The van der Waals surface area contributed by atoms with Gasteiger partial charge in [0, 0.05) is 5.71 Å². The molecule has 0 bridgehead atoms. The van der Waals surface area contributed by atoms with Gasteiger partial charge in [0.2, 0.25) is 0 Å². The van der Waals surface area contributed by atoms with Gasteiger partial charge in [-0.15, -0.1) is 0 Å². The number of ether oxygens (including phenoxy) is 1. The molecule has 2 aliphatic heterocycles. The summed E-state index contributed by atoms with van der Waals surface area (Å²) in [4.78, 5) is 54.3. The quantitative estimate of drug-likeness (QED) is 0.452. The van der Waals surface area contributed by atoms with Crippen molar-refractivity contribution in [3.63, 3.8) is 0 Å². The second-order valence-corrected chi connectivity index (χ2v) is 8.46. The van der Waals surface area contributed by atoms with Gasteiger partial charge in [0.1, 0.15) is 23.0 Å². The minimum Gasteiger partial charge on any atom is -0.465 e. The third-order valence-electron chi connectivity index (χ3n) is 6.37. The van der Waals surface area contributed by atoms with Crippen LogP contribution in [-0.4, -0.2) is 41.6 Å². The van der Waals surface area contributed by atoms with E-state index >= 15 is 0 Å². The van der Waals surface area contributed by atoms with E-state index in [9.17, 15) is 19.2 Å². The number of amides is 2. The van der Waals surface area contributed by atoms with Crippen LogP contribution < -0.4 is 10.0 Å². The monoisotopic (exact) mass is 474 g/mol. The number of carbonyl (C=O) groups excluding carboxylic acids is 4. The maximum atomic E-state index is 14.2. The van der Waals surface area contributed by atoms with E-state index in [1.807, 2.05) is 0 Å². The van der Waals surface area contributed by atoms with Crippen molar-refractivity contribution in [2.24, 2.45) is 27.5 Å². The van der Waals surface area contributed by atoms with Crippen molar-refractivity contribution < 1.29 is 23.9 Å². The van der Waals surface area contributed by atoms with Gasteiger partial charge in [-0.3, -0.25) is 19.2 Å². The molecule has 0 saturated carbocycles. The molecule has 9 heteroatoms. The molecule has 180 valence electrons. The van der Waals surface area contributed by atoms with E-state index in [-0.39, 0.29) is 12.3 Å². The number of esters is 1. The first-order chi connectivity index (χ1) is 16.7. The third-order valence-corrected chi connectivity index (χ3v) is 6.37. The lowest BCUT2D eigenvalue weighted by molar-refractivity contribution is -0.159.